The van der Waals surface area contributed by atoms with E-state index in [-0.39, 0.29) is 35.4 Å². The Morgan fingerprint density at radius 3 is 2.85 bits per heavy atom. The van der Waals surface area contributed by atoms with Gasteiger partial charge in [-0.1, -0.05) is 13.3 Å². The molecule has 0 radical (unpaired) electrons. The van der Waals surface area contributed by atoms with Crippen LogP contribution in [0.15, 0.2) is 23.1 Å². The fourth-order valence-corrected chi connectivity index (χ4v) is 6.49. The molecular formula is C27H38N4O3. The fourth-order valence-electron chi connectivity index (χ4n) is 6.49. The molecule has 1 amide bonds. The van der Waals surface area contributed by atoms with Crippen LogP contribution in [0.4, 0.5) is 0 Å². The van der Waals surface area contributed by atoms with Crippen molar-refractivity contribution in [1.82, 2.24) is 20.2 Å². The number of nitrogens with zero attached hydrogens (tertiary/aromatic N) is 2. The maximum atomic E-state index is 13.3. The van der Waals surface area contributed by atoms with Crippen LogP contribution in [0.3, 0.4) is 0 Å². The van der Waals surface area contributed by atoms with Crippen LogP contribution in [0.5, 0.6) is 0 Å². The van der Waals surface area contributed by atoms with Gasteiger partial charge in [0.1, 0.15) is 0 Å². The summed E-state index contributed by atoms with van der Waals surface area (Å²) in [5, 5.41) is 7.65. The summed E-state index contributed by atoms with van der Waals surface area (Å²) in [6.07, 6.45) is 9.10. The molecule has 0 bridgehead atoms. The first kappa shape index (κ1) is 23.5. The molecule has 7 nitrogen and oxygen atoms in total. The first-order valence-electron chi connectivity index (χ1n) is 13.0. The Balaban J connectivity index is 1.30. The predicted molar refractivity (Wildman–Crippen MR) is 133 cm³/mol. The average Bonchev–Trinajstić information content (AvgIpc) is 3.37. The summed E-state index contributed by atoms with van der Waals surface area (Å²) in [5.74, 6) is 1.11. The van der Waals surface area contributed by atoms with E-state index in [0.29, 0.717) is 18.6 Å². The number of ether oxygens (including phenoxy) is 1. The molecule has 0 spiro atoms. The monoisotopic (exact) mass is 466 g/mol. The van der Waals surface area contributed by atoms with Crippen molar-refractivity contribution in [2.24, 2.45) is 24.8 Å². The van der Waals surface area contributed by atoms with E-state index in [2.05, 4.69) is 22.5 Å². The van der Waals surface area contributed by atoms with Gasteiger partial charge in [-0.3, -0.25) is 19.9 Å². The number of nitrogens with one attached hydrogen (secondary N) is 2. The van der Waals surface area contributed by atoms with E-state index >= 15 is 0 Å². The third kappa shape index (κ3) is 4.65. The zero-order chi connectivity index (χ0) is 23.8. The van der Waals surface area contributed by atoms with Gasteiger partial charge in [0.2, 0.25) is 5.91 Å². The van der Waals surface area contributed by atoms with Gasteiger partial charge in [0.15, 0.2) is 0 Å². The predicted octanol–water partition coefficient (Wildman–Crippen LogP) is 3.38. The molecule has 1 saturated heterocycles. The van der Waals surface area contributed by atoms with Gasteiger partial charge in [-0.05, 0) is 75.3 Å². The number of amides is 1. The topological polar surface area (TPSA) is 85.2 Å². The van der Waals surface area contributed by atoms with E-state index in [1.165, 1.54) is 6.42 Å². The molecule has 2 N–H and O–H groups in total. The van der Waals surface area contributed by atoms with E-state index in [1.807, 2.05) is 32.3 Å². The SMILES string of the molecule is Cc1cc2c(cn1)cc(C1CC(C(=O)NC3CCCC(C4CNCO4)C3)CCC1C)c(=O)n2C. The highest BCUT2D eigenvalue weighted by atomic mass is 16.5. The smallest absolute Gasteiger partial charge is 0.254 e. The normalized spacial score (nSPS) is 32.1. The zero-order valence-electron chi connectivity index (χ0n) is 20.7. The van der Waals surface area contributed by atoms with Crippen LogP contribution in [-0.2, 0) is 16.6 Å². The molecule has 184 valence electrons. The first-order valence-corrected chi connectivity index (χ1v) is 13.0. The molecule has 6 unspecified atom stereocenters. The minimum Gasteiger partial charge on any atom is -0.361 e. The van der Waals surface area contributed by atoms with Crippen molar-refractivity contribution in [3.05, 3.63) is 39.9 Å². The lowest BCUT2D eigenvalue weighted by molar-refractivity contribution is -0.127. The van der Waals surface area contributed by atoms with Gasteiger partial charge in [0, 0.05) is 48.4 Å². The largest absolute Gasteiger partial charge is 0.361 e. The fraction of sp³-hybridized carbons (Fsp3) is 0.667. The van der Waals surface area contributed by atoms with E-state index in [1.54, 1.807) is 4.57 Å². The minimum atomic E-state index is -0.0393. The molecule has 3 fully saturated rings. The molecule has 0 aromatic carbocycles. The number of rotatable bonds is 4. The number of hydrogen-bond donors (Lipinski definition) is 2. The Labute approximate surface area is 201 Å². The van der Waals surface area contributed by atoms with Crippen LogP contribution in [0.25, 0.3) is 10.9 Å². The molecular weight excluding hydrogens is 428 g/mol. The van der Waals surface area contributed by atoms with Crippen LogP contribution < -0.4 is 16.2 Å². The summed E-state index contributed by atoms with van der Waals surface area (Å²) in [7, 11) is 1.84. The van der Waals surface area contributed by atoms with Gasteiger partial charge in [-0.2, -0.15) is 0 Å². The summed E-state index contributed by atoms with van der Waals surface area (Å²) < 4.78 is 7.58. The maximum absolute atomic E-state index is 13.3. The van der Waals surface area contributed by atoms with Gasteiger partial charge >= 0.3 is 0 Å². The highest BCUT2D eigenvalue weighted by Gasteiger charge is 2.36. The molecule has 2 aliphatic carbocycles. The number of carbonyl (C=O) groups excluding carboxylic acids is 1. The Kier molecular flexibility index (Phi) is 6.76. The third-order valence-electron chi connectivity index (χ3n) is 8.57. The summed E-state index contributed by atoms with van der Waals surface area (Å²) in [6.45, 7) is 5.72. The van der Waals surface area contributed by atoms with Crippen LogP contribution in [0.2, 0.25) is 0 Å². The van der Waals surface area contributed by atoms with Crippen molar-refractivity contribution < 1.29 is 9.53 Å². The minimum absolute atomic E-state index is 0.0393. The molecule has 3 heterocycles. The second-order valence-electron chi connectivity index (χ2n) is 10.9. The van der Waals surface area contributed by atoms with E-state index in [0.717, 1.165) is 67.2 Å². The van der Waals surface area contributed by atoms with Crippen molar-refractivity contribution >= 4 is 16.8 Å². The molecule has 2 aromatic rings. The Morgan fingerprint density at radius 2 is 2.06 bits per heavy atom. The van der Waals surface area contributed by atoms with Crippen LogP contribution in [0.1, 0.15) is 69.0 Å². The lowest BCUT2D eigenvalue weighted by Gasteiger charge is -2.36. The molecule has 7 heteroatoms. The molecule has 5 rings (SSSR count). The Bertz CT molecular complexity index is 1110. The van der Waals surface area contributed by atoms with Gasteiger partial charge < -0.3 is 14.6 Å². The highest BCUT2D eigenvalue weighted by Crippen LogP contribution is 2.40. The standard InChI is InChI=1S/C27H38N4O3/c1-16-7-8-19(26(32)30-21-6-4-5-18(10-21)25-14-28-15-34-25)11-22(16)23-12-20-13-29-17(2)9-24(20)31(3)27(23)33/h9,12-13,16,18-19,21-22,25,28H,4-8,10-11,14-15H2,1-3H3,(H,30,32). The summed E-state index contributed by atoms with van der Waals surface area (Å²) in [5.41, 5.74) is 2.69. The molecule has 6 atom stereocenters. The van der Waals surface area contributed by atoms with Crippen molar-refractivity contribution in [3.8, 4) is 0 Å². The quantitative estimate of drug-likeness (QED) is 0.722. The second-order valence-corrected chi connectivity index (χ2v) is 10.9. The summed E-state index contributed by atoms with van der Waals surface area (Å²) in [6, 6.07) is 4.22. The van der Waals surface area contributed by atoms with Gasteiger partial charge in [-0.15, -0.1) is 0 Å². The molecule has 3 aliphatic rings. The molecule has 2 aromatic heterocycles. The Hall–Kier alpha value is -2.25. The zero-order valence-corrected chi connectivity index (χ0v) is 20.7. The summed E-state index contributed by atoms with van der Waals surface area (Å²) >= 11 is 0. The number of hydrogen-bond acceptors (Lipinski definition) is 5. The number of fused-ring (bicyclic) bond motifs is 1. The highest BCUT2D eigenvalue weighted by molar-refractivity contribution is 5.80. The maximum Gasteiger partial charge on any atom is 0.254 e. The molecule has 2 saturated carbocycles. The van der Waals surface area contributed by atoms with E-state index in [4.69, 9.17) is 4.74 Å². The van der Waals surface area contributed by atoms with Crippen molar-refractivity contribution in [1.29, 1.82) is 0 Å². The number of aryl methyl sites for hydroxylation is 2. The third-order valence-corrected chi connectivity index (χ3v) is 8.57. The first-order chi connectivity index (χ1) is 16.4. The number of carbonyl (C=O) groups is 1. The van der Waals surface area contributed by atoms with Gasteiger partial charge in [-0.25, -0.2) is 0 Å². The van der Waals surface area contributed by atoms with Crippen molar-refractivity contribution in [2.45, 2.75) is 76.9 Å². The van der Waals surface area contributed by atoms with Crippen molar-refractivity contribution in [3.63, 3.8) is 0 Å². The lowest BCUT2D eigenvalue weighted by atomic mass is 9.71. The summed E-state index contributed by atoms with van der Waals surface area (Å²) in [4.78, 5) is 31.1. The van der Waals surface area contributed by atoms with E-state index in [9.17, 15) is 9.59 Å². The van der Waals surface area contributed by atoms with E-state index < -0.39 is 0 Å². The molecule has 34 heavy (non-hydrogen) atoms. The average molecular weight is 467 g/mol. The second kappa shape index (κ2) is 9.78. The van der Waals surface area contributed by atoms with Crippen LogP contribution in [0, 0.1) is 24.7 Å². The number of aromatic nitrogens is 2. The van der Waals surface area contributed by atoms with Crippen molar-refractivity contribution in [2.75, 3.05) is 13.3 Å². The Morgan fingerprint density at radius 1 is 1.21 bits per heavy atom. The lowest BCUT2D eigenvalue weighted by Crippen LogP contribution is -2.45. The van der Waals surface area contributed by atoms with Gasteiger partial charge in [0.05, 0.1) is 18.4 Å². The van der Waals surface area contributed by atoms with Crippen LogP contribution in [-0.4, -0.2) is 40.9 Å². The van der Waals surface area contributed by atoms with Crippen LogP contribution >= 0.6 is 0 Å². The number of pyridine rings is 2. The molecule has 1 aliphatic heterocycles. The van der Waals surface area contributed by atoms with Gasteiger partial charge in [0.25, 0.3) is 5.56 Å².